The van der Waals surface area contributed by atoms with E-state index in [4.69, 9.17) is 0 Å². The highest BCUT2D eigenvalue weighted by atomic mass is 32.2. The van der Waals surface area contributed by atoms with Crippen molar-refractivity contribution in [2.24, 2.45) is 0 Å². The lowest BCUT2D eigenvalue weighted by molar-refractivity contribution is 0.440. The molecule has 0 saturated heterocycles. The number of benzene rings is 2. The number of hydrogen-bond donors (Lipinski definition) is 1. The molecular weight excluding hydrogens is 300 g/mol. The molecule has 1 N–H and O–H groups in total. The average molecular weight is 329 g/mol. The molecule has 0 spiro atoms. The van der Waals surface area contributed by atoms with Gasteiger partial charge < -0.3 is 5.11 Å². The standard InChI is InChI=1S/C21H28OS/c1-20(2,3)16-12-15(14-23-17-10-8-7-9-11-17)19(22)18(13-16)21(4,5)6/h7-13,22H,14H2,1-6H3. The smallest absolute Gasteiger partial charge is 0.123 e. The zero-order valence-electron chi connectivity index (χ0n) is 15.1. The van der Waals surface area contributed by atoms with Gasteiger partial charge in [-0.05, 0) is 34.1 Å². The third-order valence-corrected chi connectivity index (χ3v) is 5.06. The Bertz CT molecular complexity index is 661. The van der Waals surface area contributed by atoms with Gasteiger partial charge in [0.25, 0.3) is 0 Å². The van der Waals surface area contributed by atoms with Crippen LogP contribution in [0.5, 0.6) is 5.75 Å². The molecule has 1 nitrogen and oxygen atoms in total. The first kappa shape index (κ1) is 17.9. The van der Waals surface area contributed by atoms with Crippen molar-refractivity contribution >= 4 is 11.8 Å². The lowest BCUT2D eigenvalue weighted by Crippen LogP contribution is -2.17. The lowest BCUT2D eigenvalue weighted by atomic mass is 9.79. The highest BCUT2D eigenvalue weighted by Crippen LogP contribution is 2.39. The van der Waals surface area contributed by atoms with Gasteiger partial charge in [-0.15, -0.1) is 11.8 Å². The number of thioether (sulfide) groups is 1. The topological polar surface area (TPSA) is 20.2 Å². The summed E-state index contributed by atoms with van der Waals surface area (Å²) in [4.78, 5) is 1.23. The van der Waals surface area contributed by atoms with E-state index in [0.29, 0.717) is 5.75 Å². The summed E-state index contributed by atoms with van der Waals surface area (Å²) in [5, 5.41) is 10.8. The Morgan fingerprint density at radius 1 is 0.870 bits per heavy atom. The molecule has 0 fully saturated rings. The van der Waals surface area contributed by atoms with E-state index < -0.39 is 0 Å². The fourth-order valence-corrected chi connectivity index (χ4v) is 3.38. The molecule has 0 saturated carbocycles. The first-order chi connectivity index (χ1) is 10.6. The van der Waals surface area contributed by atoms with Gasteiger partial charge in [0.05, 0.1) is 0 Å². The van der Waals surface area contributed by atoms with Crippen LogP contribution in [0.4, 0.5) is 0 Å². The third kappa shape index (κ3) is 4.54. The maximum atomic E-state index is 10.8. The molecule has 0 unspecified atom stereocenters. The third-order valence-electron chi connectivity index (χ3n) is 4.00. The predicted octanol–water partition coefficient (Wildman–Crippen LogP) is 6.28. The van der Waals surface area contributed by atoms with Crippen LogP contribution in [-0.2, 0) is 16.6 Å². The van der Waals surface area contributed by atoms with Crippen molar-refractivity contribution in [1.29, 1.82) is 0 Å². The van der Waals surface area contributed by atoms with Gasteiger partial charge in [-0.2, -0.15) is 0 Å². The number of aromatic hydroxyl groups is 1. The zero-order valence-corrected chi connectivity index (χ0v) is 15.9. The second kappa shape index (κ2) is 6.60. The summed E-state index contributed by atoms with van der Waals surface area (Å²) < 4.78 is 0. The molecule has 0 amide bonds. The van der Waals surface area contributed by atoms with Gasteiger partial charge >= 0.3 is 0 Å². The summed E-state index contributed by atoms with van der Waals surface area (Å²) >= 11 is 1.77. The zero-order chi connectivity index (χ0) is 17.3. The monoisotopic (exact) mass is 328 g/mol. The van der Waals surface area contributed by atoms with Crippen LogP contribution < -0.4 is 0 Å². The summed E-state index contributed by atoms with van der Waals surface area (Å²) in [6, 6.07) is 14.7. The van der Waals surface area contributed by atoms with Gasteiger partial charge in [0, 0.05) is 16.2 Å². The number of phenolic OH excluding ortho intramolecular Hbond substituents is 1. The van der Waals surface area contributed by atoms with Crippen LogP contribution in [0.15, 0.2) is 47.4 Å². The van der Waals surface area contributed by atoms with Crippen LogP contribution in [0.1, 0.15) is 58.2 Å². The molecule has 0 heterocycles. The second-order valence-corrected chi connectivity index (χ2v) is 9.18. The van der Waals surface area contributed by atoms with Crippen LogP contribution in [0.25, 0.3) is 0 Å². The lowest BCUT2D eigenvalue weighted by Gasteiger charge is -2.27. The van der Waals surface area contributed by atoms with Crippen LogP contribution in [0.2, 0.25) is 0 Å². The Hall–Kier alpha value is -1.41. The van der Waals surface area contributed by atoms with Crippen LogP contribution in [0.3, 0.4) is 0 Å². The summed E-state index contributed by atoms with van der Waals surface area (Å²) in [6.07, 6.45) is 0. The van der Waals surface area contributed by atoms with Crippen LogP contribution in [0, 0.1) is 0 Å². The summed E-state index contributed by atoms with van der Waals surface area (Å²) in [5.41, 5.74) is 3.34. The molecule has 2 heteroatoms. The van der Waals surface area contributed by atoms with Gasteiger partial charge in [-0.25, -0.2) is 0 Å². The maximum absolute atomic E-state index is 10.8. The van der Waals surface area contributed by atoms with E-state index in [0.717, 1.165) is 16.9 Å². The van der Waals surface area contributed by atoms with E-state index in [1.54, 1.807) is 11.8 Å². The fraction of sp³-hybridized carbons (Fsp3) is 0.429. The second-order valence-electron chi connectivity index (χ2n) is 8.13. The highest BCUT2D eigenvalue weighted by molar-refractivity contribution is 7.98. The Balaban J connectivity index is 2.41. The maximum Gasteiger partial charge on any atom is 0.123 e. The van der Waals surface area contributed by atoms with E-state index in [1.165, 1.54) is 10.5 Å². The van der Waals surface area contributed by atoms with Crippen molar-refractivity contribution in [3.63, 3.8) is 0 Å². The van der Waals surface area contributed by atoms with Crippen LogP contribution in [-0.4, -0.2) is 5.11 Å². The van der Waals surface area contributed by atoms with Crippen molar-refractivity contribution in [3.8, 4) is 5.75 Å². The minimum absolute atomic E-state index is 0.0693. The minimum atomic E-state index is -0.0719. The SMILES string of the molecule is CC(C)(C)c1cc(CSc2ccccc2)c(O)c(C(C)(C)C)c1. The van der Waals surface area contributed by atoms with Gasteiger partial charge in [-0.1, -0.05) is 71.9 Å². The molecule has 2 rings (SSSR count). The average Bonchev–Trinajstić information content (AvgIpc) is 2.44. The summed E-state index contributed by atoms with van der Waals surface area (Å²) in [7, 11) is 0. The van der Waals surface area contributed by atoms with Gasteiger partial charge in [0.1, 0.15) is 5.75 Å². The number of phenols is 1. The largest absolute Gasteiger partial charge is 0.507 e. The van der Waals surface area contributed by atoms with Gasteiger partial charge in [0.15, 0.2) is 0 Å². The Kier molecular flexibility index (Phi) is 5.15. The minimum Gasteiger partial charge on any atom is -0.507 e. The first-order valence-electron chi connectivity index (χ1n) is 8.14. The first-order valence-corrected chi connectivity index (χ1v) is 9.12. The molecule has 124 valence electrons. The molecular formula is C21H28OS. The molecule has 0 aliphatic rings. The molecule has 2 aromatic rings. The number of hydrogen-bond acceptors (Lipinski definition) is 2. The van der Waals surface area contributed by atoms with E-state index in [9.17, 15) is 5.11 Å². The molecule has 0 atom stereocenters. The summed E-state index contributed by atoms with van der Waals surface area (Å²) in [5.74, 6) is 1.23. The fourth-order valence-electron chi connectivity index (χ4n) is 2.49. The van der Waals surface area contributed by atoms with Crippen molar-refractivity contribution in [3.05, 3.63) is 59.2 Å². The molecule has 23 heavy (non-hydrogen) atoms. The molecule has 0 aliphatic heterocycles. The molecule has 2 aromatic carbocycles. The normalized spacial score (nSPS) is 12.4. The predicted molar refractivity (Wildman–Crippen MR) is 102 cm³/mol. The highest BCUT2D eigenvalue weighted by Gasteiger charge is 2.24. The van der Waals surface area contributed by atoms with Gasteiger partial charge in [-0.3, -0.25) is 0 Å². The Morgan fingerprint density at radius 3 is 2.00 bits per heavy atom. The Morgan fingerprint density at radius 2 is 1.48 bits per heavy atom. The van der Waals surface area contributed by atoms with Crippen molar-refractivity contribution in [2.45, 2.75) is 63.0 Å². The van der Waals surface area contributed by atoms with Crippen LogP contribution >= 0.6 is 11.8 Å². The van der Waals surface area contributed by atoms with Crippen molar-refractivity contribution in [2.75, 3.05) is 0 Å². The van der Waals surface area contributed by atoms with E-state index in [-0.39, 0.29) is 10.8 Å². The van der Waals surface area contributed by atoms with E-state index in [1.807, 2.05) is 18.2 Å². The molecule has 0 aromatic heterocycles. The molecule has 0 bridgehead atoms. The van der Waals surface area contributed by atoms with Crippen molar-refractivity contribution < 1.29 is 5.11 Å². The summed E-state index contributed by atoms with van der Waals surface area (Å²) in [6.45, 7) is 13.1. The van der Waals surface area contributed by atoms with E-state index >= 15 is 0 Å². The van der Waals surface area contributed by atoms with Gasteiger partial charge in [0.2, 0.25) is 0 Å². The number of rotatable bonds is 3. The molecule has 0 aliphatic carbocycles. The van der Waals surface area contributed by atoms with Crippen molar-refractivity contribution in [1.82, 2.24) is 0 Å². The van der Waals surface area contributed by atoms with E-state index in [2.05, 4.69) is 65.8 Å². The Labute approximate surface area is 145 Å². The molecule has 0 radical (unpaired) electrons. The quantitative estimate of drug-likeness (QED) is 0.669.